The highest BCUT2D eigenvalue weighted by molar-refractivity contribution is 7.12. The normalized spacial score (nSPS) is 11.3. The number of nitro benzene ring substituents is 1. The van der Waals surface area contributed by atoms with E-state index in [2.05, 4.69) is 20.3 Å². The van der Waals surface area contributed by atoms with Gasteiger partial charge < -0.3 is 5.11 Å². The third-order valence-corrected chi connectivity index (χ3v) is 5.29. The Morgan fingerprint density at radius 1 is 1.19 bits per heavy atom. The summed E-state index contributed by atoms with van der Waals surface area (Å²) in [4.78, 5) is 27.8. The van der Waals surface area contributed by atoms with Crippen LogP contribution in [-0.4, -0.2) is 24.8 Å². The minimum atomic E-state index is -0.473. The van der Waals surface area contributed by atoms with Gasteiger partial charge in [0, 0.05) is 23.1 Å². The van der Waals surface area contributed by atoms with Crippen LogP contribution in [-0.2, 0) is 0 Å². The van der Waals surface area contributed by atoms with Crippen molar-refractivity contribution in [3.05, 3.63) is 79.6 Å². The molecule has 2 N–H and O–H groups in total. The molecule has 0 atom stereocenters. The number of thiazole rings is 1. The van der Waals surface area contributed by atoms with Gasteiger partial charge in [0.1, 0.15) is 11.4 Å². The summed E-state index contributed by atoms with van der Waals surface area (Å²) in [6, 6.07) is 11.1. The van der Waals surface area contributed by atoms with Gasteiger partial charge in [-0.3, -0.25) is 20.0 Å². The van der Waals surface area contributed by atoms with Crippen molar-refractivity contribution in [3.8, 4) is 22.1 Å². The fourth-order valence-electron chi connectivity index (χ4n) is 2.89. The van der Waals surface area contributed by atoms with Crippen LogP contribution >= 0.6 is 11.3 Å². The second-order valence-corrected chi connectivity index (χ2v) is 7.58. The van der Waals surface area contributed by atoms with Gasteiger partial charge in [-0.05, 0) is 31.5 Å². The maximum absolute atomic E-state index is 12.8. The summed E-state index contributed by atoms with van der Waals surface area (Å²) in [6.45, 7) is 3.52. The van der Waals surface area contributed by atoms with Gasteiger partial charge in [-0.2, -0.15) is 4.68 Å². The molecule has 31 heavy (non-hydrogen) atoms. The predicted octanol–water partition coefficient (Wildman–Crippen LogP) is 4.94. The fourth-order valence-corrected chi connectivity index (χ4v) is 3.68. The summed E-state index contributed by atoms with van der Waals surface area (Å²) in [6.07, 6.45) is 0. The maximum atomic E-state index is 12.8. The molecule has 2 aromatic heterocycles. The number of azo groups is 1. The number of hydrogen-bond acceptors (Lipinski definition) is 8. The first-order chi connectivity index (χ1) is 14.8. The van der Waals surface area contributed by atoms with E-state index in [4.69, 9.17) is 0 Å². The minimum absolute atomic E-state index is 0.0289. The van der Waals surface area contributed by atoms with Crippen LogP contribution in [0.25, 0.3) is 16.4 Å². The summed E-state index contributed by atoms with van der Waals surface area (Å²) >= 11 is 1.20. The van der Waals surface area contributed by atoms with E-state index in [0.717, 1.165) is 5.56 Å². The Bertz CT molecular complexity index is 1380. The summed E-state index contributed by atoms with van der Waals surface area (Å²) in [5, 5.41) is 33.9. The van der Waals surface area contributed by atoms with E-state index in [0.29, 0.717) is 22.1 Å². The Hall–Kier alpha value is -4.12. The molecule has 4 rings (SSSR count). The number of phenols is 1. The lowest BCUT2D eigenvalue weighted by atomic mass is 10.1. The van der Waals surface area contributed by atoms with Crippen molar-refractivity contribution in [1.82, 2.24) is 14.8 Å². The number of benzene rings is 2. The smallest absolute Gasteiger partial charge is 0.301 e. The highest BCUT2D eigenvalue weighted by atomic mass is 32.1. The van der Waals surface area contributed by atoms with Crippen molar-refractivity contribution in [1.29, 1.82) is 0 Å². The Morgan fingerprint density at radius 2 is 2.00 bits per heavy atom. The van der Waals surface area contributed by atoms with Crippen molar-refractivity contribution in [2.75, 3.05) is 0 Å². The zero-order valence-corrected chi connectivity index (χ0v) is 17.3. The first-order valence-electron chi connectivity index (χ1n) is 9.07. The standard InChI is InChI=1S/C20H16N6O4S/c1-11-6-7-15(17(27)8-11)22-23-18-12(2)24-25(19(18)28)20-21-16(10-31-20)13-4-3-5-14(9-13)26(29)30/h3-10,24,27H,1-2H3. The molecule has 0 amide bonds. The number of hydrogen-bond donors (Lipinski definition) is 2. The zero-order chi connectivity index (χ0) is 22.1. The first-order valence-corrected chi connectivity index (χ1v) is 9.95. The molecule has 0 radical (unpaired) electrons. The Morgan fingerprint density at radius 3 is 2.74 bits per heavy atom. The van der Waals surface area contributed by atoms with Gasteiger partial charge in [-0.1, -0.05) is 18.2 Å². The van der Waals surface area contributed by atoms with E-state index in [1.807, 2.05) is 6.92 Å². The van der Waals surface area contributed by atoms with E-state index in [-0.39, 0.29) is 22.8 Å². The molecular weight excluding hydrogens is 420 g/mol. The van der Waals surface area contributed by atoms with Crippen molar-refractivity contribution in [3.63, 3.8) is 0 Å². The monoisotopic (exact) mass is 436 g/mol. The molecule has 0 aliphatic heterocycles. The summed E-state index contributed by atoms with van der Waals surface area (Å²) in [5.41, 5.74) is 2.28. The highest BCUT2D eigenvalue weighted by Gasteiger charge is 2.16. The molecule has 4 aromatic rings. The van der Waals surface area contributed by atoms with Crippen LogP contribution in [0, 0.1) is 24.0 Å². The molecule has 0 saturated carbocycles. The predicted molar refractivity (Wildman–Crippen MR) is 116 cm³/mol. The Kier molecular flexibility index (Phi) is 5.17. The van der Waals surface area contributed by atoms with E-state index < -0.39 is 10.5 Å². The molecule has 11 heteroatoms. The van der Waals surface area contributed by atoms with Crippen LogP contribution < -0.4 is 5.56 Å². The molecule has 0 bridgehead atoms. The van der Waals surface area contributed by atoms with Crippen LogP contribution in [0.4, 0.5) is 17.1 Å². The van der Waals surface area contributed by atoms with E-state index in [1.54, 1.807) is 42.6 Å². The van der Waals surface area contributed by atoms with Crippen LogP contribution in [0.5, 0.6) is 5.75 Å². The molecule has 2 heterocycles. The summed E-state index contributed by atoms with van der Waals surface area (Å²) < 4.78 is 1.24. The number of nitrogens with zero attached hydrogens (tertiary/aromatic N) is 5. The van der Waals surface area contributed by atoms with E-state index in [9.17, 15) is 20.0 Å². The first kappa shape index (κ1) is 20.2. The minimum Gasteiger partial charge on any atom is -0.506 e. The summed E-state index contributed by atoms with van der Waals surface area (Å²) in [7, 11) is 0. The average Bonchev–Trinajstić information content (AvgIpc) is 3.33. The molecule has 0 unspecified atom stereocenters. The van der Waals surface area contributed by atoms with E-state index in [1.165, 1.54) is 28.2 Å². The molecule has 10 nitrogen and oxygen atoms in total. The van der Waals surface area contributed by atoms with Gasteiger partial charge in [0.25, 0.3) is 5.69 Å². The average molecular weight is 436 g/mol. The lowest BCUT2D eigenvalue weighted by Gasteiger charge is -1.98. The summed E-state index contributed by atoms with van der Waals surface area (Å²) in [5.74, 6) is -0.0289. The quantitative estimate of drug-likeness (QED) is 0.259. The van der Waals surface area contributed by atoms with Crippen molar-refractivity contribution in [2.24, 2.45) is 10.2 Å². The SMILES string of the molecule is Cc1ccc(N=Nc2c(C)[nH]n(-c3nc(-c4cccc([N+](=O)[O-])c4)cs3)c2=O)c(O)c1. The molecule has 2 aromatic carbocycles. The van der Waals surface area contributed by atoms with Gasteiger partial charge in [0.05, 0.1) is 16.3 Å². The van der Waals surface area contributed by atoms with Gasteiger partial charge in [0.2, 0.25) is 5.13 Å². The van der Waals surface area contributed by atoms with Crippen LogP contribution in [0.15, 0.2) is 62.9 Å². The molecule has 0 aliphatic rings. The fraction of sp³-hybridized carbons (Fsp3) is 0.100. The molecular formula is C20H16N6O4S. The van der Waals surface area contributed by atoms with Gasteiger partial charge >= 0.3 is 5.56 Å². The van der Waals surface area contributed by atoms with Crippen LogP contribution in [0.2, 0.25) is 0 Å². The highest BCUT2D eigenvalue weighted by Crippen LogP contribution is 2.30. The van der Waals surface area contributed by atoms with Gasteiger partial charge in [-0.15, -0.1) is 21.6 Å². The van der Waals surface area contributed by atoms with E-state index >= 15 is 0 Å². The number of H-pyrrole nitrogens is 1. The topological polar surface area (TPSA) is 139 Å². The van der Waals surface area contributed by atoms with Crippen LogP contribution in [0.3, 0.4) is 0 Å². The molecule has 0 saturated heterocycles. The number of aromatic amines is 1. The van der Waals surface area contributed by atoms with Crippen molar-refractivity contribution >= 4 is 28.4 Å². The lowest BCUT2D eigenvalue weighted by Crippen LogP contribution is -2.13. The van der Waals surface area contributed by atoms with Crippen molar-refractivity contribution in [2.45, 2.75) is 13.8 Å². The number of nitrogens with one attached hydrogen (secondary N) is 1. The number of nitro groups is 1. The largest absolute Gasteiger partial charge is 0.506 e. The van der Waals surface area contributed by atoms with Crippen LogP contribution in [0.1, 0.15) is 11.3 Å². The maximum Gasteiger partial charge on any atom is 0.301 e. The number of phenolic OH excluding ortho intramolecular Hbond substituents is 1. The van der Waals surface area contributed by atoms with Gasteiger partial charge in [0.15, 0.2) is 5.69 Å². The number of non-ortho nitro benzene ring substituents is 1. The van der Waals surface area contributed by atoms with Gasteiger partial charge in [-0.25, -0.2) is 4.98 Å². The Balaban J connectivity index is 1.67. The number of rotatable bonds is 5. The number of aryl methyl sites for hydroxylation is 2. The molecule has 0 spiro atoms. The molecule has 0 fully saturated rings. The number of aromatic nitrogens is 3. The second kappa shape index (κ2) is 7.95. The second-order valence-electron chi connectivity index (χ2n) is 6.74. The molecule has 156 valence electrons. The third-order valence-electron chi connectivity index (χ3n) is 4.47. The van der Waals surface area contributed by atoms with Crippen molar-refractivity contribution < 1.29 is 10.0 Å². The molecule has 0 aliphatic carbocycles. The number of aromatic hydroxyl groups is 1. The third kappa shape index (κ3) is 3.98. The Labute approximate surface area is 179 Å². The zero-order valence-electron chi connectivity index (χ0n) is 16.4. The lowest BCUT2D eigenvalue weighted by molar-refractivity contribution is -0.384.